The van der Waals surface area contributed by atoms with Gasteiger partial charge in [-0.3, -0.25) is 14.5 Å². The van der Waals surface area contributed by atoms with Gasteiger partial charge in [-0.1, -0.05) is 48.5 Å². The Hall–Kier alpha value is -5.98. The molecule has 0 unspecified atom stereocenters. The van der Waals surface area contributed by atoms with Crippen LogP contribution in [0.4, 0.5) is 17.1 Å². The molecule has 0 saturated carbocycles. The first-order chi connectivity index (χ1) is 24.0. The third kappa shape index (κ3) is 8.35. The maximum atomic E-state index is 13.2. The summed E-state index contributed by atoms with van der Waals surface area (Å²) < 4.78 is 4.82. The Balaban J connectivity index is 0.000000418. The zero-order chi connectivity index (χ0) is 35.8. The van der Waals surface area contributed by atoms with Crippen molar-refractivity contribution < 1.29 is 34.1 Å². The number of carboxylic acids is 1. The Bertz CT molecular complexity index is 1900. The highest BCUT2D eigenvalue weighted by molar-refractivity contribution is 6.37. The summed E-state index contributed by atoms with van der Waals surface area (Å²) in [4.78, 5) is 54.5. The average Bonchev–Trinajstić information content (AvgIpc) is 3.46. The first-order valence-corrected chi connectivity index (χ1v) is 15.9. The number of ether oxygens (including phenoxy) is 1. The molecule has 0 aromatic heterocycles. The second kappa shape index (κ2) is 15.9. The Labute approximate surface area is 290 Å². The van der Waals surface area contributed by atoms with Crippen LogP contribution in [0, 0.1) is 0 Å². The predicted molar refractivity (Wildman–Crippen MR) is 192 cm³/mol. The van der Waals surface area contributed by atoms with Gasteiger partial charge in [0.25, 0.3) is 5.91 Å². The molecule has 2 heterocycles. The van der Waals surface area contributed by atoms with E-state index in [1.165, 1.54) is 19.2 Å². The lowest BCUT2D eigenvalue weighted by Gasteiger charge is -2.32. The minimum absolute atomic E-state index is 0.0444. The number of aromatic carboxylic acids is 1. The van der Waals surface area contributed by atoms with E-state index in [1.54, 1.807) is 42.3 Å². The molecule has 4 aromatic rings. The molecule has 2 aliphatic rings. The van der Waals surface area contributed by atoms with E-state index in [0.717, 1.165) is 43.1 Å². The molecule has 1 fully saturated rings. The molecule has 0 bridgehead atoms. The number of carbonyl (C=O) groups excluding carboxylic acids is 3. The average molecular weight is 678 g/mol. The second-order valence-corrected chi connectivity index (χ2v) is 11.8. The molecule has 0 aliphatic carbocycles. The SMILES string of the molecule is COC(=O)c1ccc2c(c1)NC(=O)C2=C(Nc1ccc(N(C)C(=O)CN2CCN(C)CC2)cc1)c1ccccc1.O=C(O)c1ccccc1O. The fraction of sp³-hybridized carbons (Fsp3) is 0.211. The Morgan fingerprint density at radius 2 is 1.54 bits per heavy atom. The molecular weight excluding hydrogens is 638 g/mol. The van der Waals surface area contributed by atoms with Gasteiger partial charge in [0, 0.05) is 50.2 Å². The van der Waals surface area contributed by atoms with E-state index in [1.807, 2.05) is 54.6 Å². The van der Waals surface area contributed by atoms with Crippen LogP contribution in [0.1, 0.15) is 31.8 Å². The van der Waals surface area contributed by atoms with Gasteiger partial charge >= 0.3 is 11.9 Å². The summed E-state index contributed by atoms with van der Waals surface area (Å²) in [5.74, 6) is -2.01. The van der Waals surface area contributed by atoms with Crippen LogP contribution in [0.3, 0.4) is 0 Å². The smallest absolute Gasteiger partial charge is 0.339 e. The van der Waals surface area contributed by atoms with E-state index in [0.29, 0.717) is 34.6 Å². The molecule has 0 spiro atoms. The number of nitrogens with one attached hydrogen (secondary N) is 2. The molecule has 12 nitrogen and oxygen atoms in total. The number of carbonyl (C=O) groups is 4. The van der Waals surface area contributed by atoms with Crippen LogP contribution in [-0.4, -0.2) is 97.7 Å². The van der Waals surface area contributed by atoms with Crippen molar-refractivity contribution in [3.8, 4) is 5.75 Å². The number of hydrogen-bond acceptors (Lipinski definition) is 9. The number of rotatable bonds is 8. The normalized spacial score (nSPS) is 15.1. The summed E-state index contributed by atoms with van der Waals surface area (Å²) in [6.45, 7) is 4.09. The number of likely N-dealkylation sites (N-methyl/N-ethyl adjacent to an activating group) is 2. The van der Waals surface area contributed by atoms with Gasteiger partial charge in [-0.25, -0.2) is 9.59 Å². The van der Waals surface area contributed by atoms with Crippen molar-refractivity contribution in [3.63, 3.8) is 0 Å². The number of para-hydroxylation sites is 1. The molecule has 1 saturated heterocycles. The molecule has 4 N–H and O–H groups in total. The number of anilines is 3. The monoisotopic (exact) mass is 677 g/mol. The van der Waals surface area contributed by atoms with E-state index >= 15 is 0 Å². The van der Waals surface area contributed by atoms with Crippen molar-refractivity contribution in [1.82, 2.24) is 9.80 Å². The van der Waals surface area contributed by atoms with Crippen molar-refractivity contribution in [2.75, 3.05) is 69.5 Å². The fourth-order valence-electron chi connectivity index (χ4n) is 5.56. The van der Waals surface area contributed by atoms with Gasteiger partial charge in [0.2, 0.25) is 5.91 Å². The third-order valence-corrected chi connectivity index (χ3v) is 8.48. The molecular formula is C38H39N5O7. The van der Waals surface area contributed by atoms with Gasteiger partial charge in [-0.2, -0.15) is 0 Å². The highest BCUT2D eigenvalue weighted by Crippen LogP contribution is 2.38. The molecule has 258 valence electrons. The van der Waals surface area contributed by atoms with Gasteiger partial charge in [0.15, 0.2) is 0 Å². The van der Waals surface area contributed by atoms with E-state index in [4.69, 9.17) is 14.9 Å². The number of phenols is 1. The van der Waals surface area contributed by atoms with Crippen LogP contribution < -0.4 is 15.5 Å². The summed E-state index contributed by atoms with van der Waals surface area (Å²) in [6.07, 6.45) is 0. The summed E-state index contributed by atoms with van der Waals surface area (Å²) in [5.41, 5.74) is 5.03. The maximum absolute atomic E-state index is 13.2. The lowest BCUT2D eigenvalue weighted by Crippen LogP contribution is -2.48. The first-order valence-electron chi connectivity index (χ1n) is 15.9. The largest absolute Gasteiger partial charge is 0.507 e. The van der Waals surface area contributed by atoms with Crippen molar-refractivity contribution >= 4 is 52.1 Å². The first kappa shape index (κ1) is 35.3. The van der Waals surface area contributed by atoms with Gasteiger partial charge in [-0.15, -0.1) is 0 Å². The number of methoxy groups -OCH3 is 1. The summed E-state index contributed by atoms with van der Waals surface area (Å²) in [7, 11) is 5.21. The van der Waals surface area contributed by atoms with Crippen LogP contribution in [0.15, 0.2) is 97.1 Å². The Morgan fingerprint density at radius 1 is 0.880 bits per heavy atom. The number of benzene rings is 4. The molecule has 0 radical (unpaired) electrons. The predicted octanol–water partition coefficient (Wildman–Crippen LogP) is 4.71. The van der Waals surface area contributed by atoms with Crippen LogP contribution in [0.25, 0.3) is 11.3 Å². The molecule has 12 heteroatoms. The van der Waals surface area contributed by atoms with Gasteiger partial charge in [-0.05, 0) is 61.1 Å². The lowest BCUT2D eigenvalue weighted by molar-refractivity contribution is -0.119. The van der Waals surface area contributed by atoms with Crippen molar-refractivity contribution in [1.29, 1.82) is 0 Å². The number of esters is 1. The Kier molecular flexibility index (Phi) is 11.3. The number of hydrogen-bond donors (Lipinski definition) is 4. The number of fused-ring (bicyclic) bond motifs is 1. The minimum Gasteiger partial charge on any atom is -0.507 e. The highest BCUT2D eigenvalue weighted by Gasteiger charge is 2.29. The number of piperazine rings is 1. The second-order valence-electron chi connectivity index (χ2n) is 11.8. The molecule has 50 heavy (non-hydrogen) atoms. The summed E-state index contributed by atoms with van der Waals surface area (Å²) in [6, 6.07) is 28.0. The third-order valence-electron chi connectivity index (χ3n) is 8.48. The molecule has 2 aliphatic heterocycles. The number of amides is 2. The highest BCUT2D eigenvalue weighted by atomic mass is 16.5. The maximum Gasteiger partial charge on any atom is 0.339 e. The minimum atomic E-state index is -1.11. The quantitative estimate of drug-likeness (QED) is 0.153. The zero-order valence-corrected chi connectivity index (χ0v) is 28.1. The number of aromatic hydroxyl groups is 1. The van der Waals surface area contributed by atoms with Gasteiger partial charge in [0.05, 0.1) is 36.2 Å². The van der Waals surface area contributed by atoms with Crippen LogP contribution in [0.5, 0.6) is 5.75 Å². The standard InChI is InChI=1S/C31H33N5O4.C7H6O3/c1-34-15-17-36(18-16-34)20-27(37)35(2)24-12-10-23(11-13-24)32-29(21-7-5-4-6-8-21)28-25-14-9-22(31(39)40-3)19-26(25)33-30(28)38;8-6-4-2-1-3-5(6)7(9)10/h4-14,19,32H,15-18,20H2,1-3H3,(H,33,38);1-4,8H,(H,9,10). The molecule has 6 rings (SSSR count). The topological polar surface area (TPSA) is 152 Å². The van der Waals surface area contributed by atoms with Crippen LogP contribution in [-0.2, 0) is 14.3 Å². The lowest BCUT2D eigenvalue weighted by atomic mass is 9.99. The van der Waals surface area contributed by atoms with Crippen LogP contribution in [0.2, 0.25) is 0 Å². The molecule has 4 aromatic carbocycles. The van der Waals surface area contributed by atoms with E-state index in [2.05, 4.69) is 27.5 Å². The zero-order valence-electron chi connectivity index (χ0n) is 28.1. The van der Waals surface area contributed by atoms with E-state index in [-0.39, 0.29) is 23.1 Å². The van der Waals surface area contributed by atoms with Crippen LogP contribution >= 0.6 is 0 Å². The van der Waals surface area contributed by atoms with Crippen molar-refractivity contribution in [2.45, 2.75) is 0 Å². The Morgan fingerprint density at radius 3 is 2.16 bits per heavy atom. The molecule has 0 atom stereocenters. The van der Waals surface area contributed by atoms with Crippen molar-refractivity contribution in [3.05, 3.63) is 119 Å². The number of carboxylic acid groups (broad SMARTS) is 1. The van der Waals surface area contributed by atoms with Crippen molar-refractivity contribution in [2.24, 2.45) is 0 Å². The number of nitrogens with zero attached hydrogens (tertiary/aromatic N) is 3. The summed E-state index contributed by atoms with van der Waals surface area (Å²) in [5, 5.41) is 23.6. The van der Waals surface area contributed by atoms with E-state index < -0.39 is 11.9 Å². The fourth-order valence-corrected chi connectivity index (χ4v) is 5.56. The molecule has 2 amide bonds. The van der Waals surface area contributed by atoms with Gasteiger partial charge in [0.1, 0.15) is 11.3 Å². The van der Waals surface area contributed by atoms with E-state index in [9.17, 15) is 19.2 Å². The van der Waals surface area contributed by atoms with Gasteiger partial charge < -0.3 is 35.4 Å². The summed E-state index contributed by atoms with van der Waals surface area (Å²) >= 11 is 0.